The molecule has 348 valence electrons. The van der Waals surface area contributed by atoms with E-state index >= 15 is 0 Å². The van der Waals surface area contributed by atoms with Crippen LogP contribution in [0, 0.1) is 0 Å². The molecule has 0 fully saturated rings. The summed E-state index contributed by atoms with van der Waals surface area (Å²) in [6.07, 6.45) is 21.4. The highest BCUT2D eigenvalue weighted by Gasteiger charge is 2.38. The van der Waals surface area contributed by atoms with Crippen LogP contribution in [0.15, 0.2) is 262 Å². The molecule has 3 heteroatoms. The maximum absolute atomic E-state index is 4.76. The van der Waals surface area contributed by atoms with Gasteiger partial charge in [-0.05, 0) is 154 Å². The van der Waals surface area contributed by atoms with Crippen molar-refractivity contribution < 1.29 is 0 Å². The zero-order chi connectivity index (χ0) is 48.8. The summed E-state index contributed by atoms with van der Waals surface area (Å²) in [5.41, 5.74) is 19.4. The van der Waals surface area contributed by atoms with E-state index in [9.17, 15) is 0 Å². The van der Waals surface area contributed by atoms with Gasteiger partial charge in [0.2, 0.25) is 0 Å². The quantitative estimate of drug-likeness (QED) is 0.141. The Kier molecular flexibility index (Phi) is 11.5. The molecular weight excluding hydrogens is 871 g/mol. The average Bonchev–Trinajstić information content (AvgIpc) is 3.90. The van der Waals surface area contributed by atoms with Crippen molar-refractivity contribution in [2.24, 2.45) is 0 Å². The van der Waals surface area contributed by atoms with Gasteiger partial charge in [0.15, 0.2) is 0 Å². The monoisotopic (exact) mass is 927 g/mol. The Balaban J connectivity index is 0.863. The highest BCUT2D eigenvalue weighted by atomic mass is 15.1. The Labute approximate surface area is 423 Å². The summed E-state index contributed by atoms with van der Waals surface area (Å²) in [5, 5.41) is 3.71. The smallest absolute Gasteiger partial charge is 0.0540 e. The molecule has 7 aromatic carbocycles. The van der Waals surface area contributed by atoms with Crippen molar-refractivity contribution in [3.8, 4) is 11.1 Å². The average molecular weight is 928 g/mol. The zero-order valence-electron chi connectivity index (χ0n) is 41.0. The molecule has 3 aliphatic carbocycles. The lowest BCUT2D eigenvalue weighted by Crippen LogP contribution is -2.17. The third-order valence-electron chi connectivity index (χ3n) is 15.1. The fraction of sp³-hybridized carbons (Fsp3) is 0.101. The van der Waals surface area contributed by atoms with Gasteiger partial charge in [-0.25, -0.2) is 0 Å². The number of allylic oxidation sites excluding steroid dienone is 12. The van der Waals surface area contributed by atoms with Gasteiger partial charge < -0.3 is 14.0 Å². The van der Waals surface area contributed by atoms with Crippen LogP contribution in [-0.4, -0.2) is 9.13 Å². The van der Waals surface area contributed by atoms with Crippen molar-refractivity contribution in [3.63, 3.8) is 0 Å². The summed E-state index contributed by atoms with van der Waals surface area (Å²) in [6.45, 7) is 14.2. The molecule has 3 aliphatic rings. The number of hydrogen-bond donors (Lipinski definition) is 0. The fourth-order valence-electron chi connectivity index (χ4n) is 11.3. The SMILES string of the molecule is C=C1/C(=C\C(=C)n2ccccccc3cc(C4C=CC(n5c6ccccc6c6ccccc65)=CC4)ccc32)C(C)(C)c2cc(N(c3ccc(C4=CCCC=C4)cc3)c3ccc(-c4ccccc4)cc3)ccc21. The minimum absolute atomic E-state index is 0.254. The van der Waals surface area contributed by atoms with Crippen molar-refractivity contribution in [3.05, 3.63) is 284 Å². The van der Waals surface area contributed by atoms with Crippen LogP contribution in [0.1, 0.15) is 61.3 Å². The summed E-state index contributed by atoms with van der Waals surface area (Å²) in [7, 11) is 0. The Morgan fingerprint density at radius 2 is 1.24 bits per heavy atom. The van der Waals surface area contributed by atoms with Gasteiger partial charge in [0.05, 0.1) is 16.6 Å². The molecule has 12 rings (SSSR count). The molecule has 3 nitrogen and oxygen atoms in total. The van der Waals surface area contributed by atoms with E-state index in [1.165, 1.54) is 66.5 Å². The normalized spacial score (nSPS) is 16.4. The van der Waals surface area contributed by atoms with Crippen LogP contribution in [0.5, 0.6) is 0 Å². The van der Waals surface area contributed by atoms with E-state index in [2.05, 4.69) is 271 Å². The first-order chi connectivity index (χ1) is 35.3. The molecule has 72 heavy (non-hydrogen) atoms. The number of nitrogens with zero attached hydrogens (tertiary/aromatic N) is 3. The van der Waals surface area contributed by atoms with Gasteiger partial charge in [-0.1, -0.05) is 185 Å². The number of para-hydroxylation sites is 2. The Hall–Kier alpha value is -8.66. The Morgan fingerprint density at radius 1 is 0.597 bits per heavy atom. The van der Waals surface area contributed by atoms with Crippen LogP contribution in [-0.2, 0) is 5.41 Å². The lowest BCUT2D eigenvalue weighted by molar-refractivity contribution is 0.661. The second-order valence-corrected chi connectivity index (χ2v) is 19.8. The largest absolute Gasteiger partial charge is 0.317 e. The van der Waals surface area contributed by atoms with E-state index < -0.39 is 0 Å². The molecule has 1 unspecified atom stereocenters. The molecule has 9 aromatic rings. The highest BCUT2D eigenvalue weighted by molar-refractivity contribution is 6.10. The molecule has 0 radical (unpaired) electrons. The minimum atomic E-state index is -0.355. The molecular formula is C69H57N3. The summed E-state index contributed by atoms with van der Waals surface area (Å²) >= 11 is 0. The Bertz CT molecular complexity index is 3770. The summed E-state index contributed by atoms with van der Waals surface area (Å²) in [4.78, 5) is 2.38. The van der Waals surface area contributed by atoms with Gasteiger partial charge in [0.1, 0.15) is 0 Å². The first-order valence-corrected chi connectivity index (χ1v) is 25.3. The zero-order valence-corrected chi connectivity index (χ0v) is 41.0. The molecule has 2 aromatic heterocycles. The second kappa shape index (κ2) is 18.6. The van der Waals surface area contributed by atoms with E-state index in [0.29, 0.717) is 0 Å². The lowest BCUT2D eigenvalue weighted by Gasteiger charge is -2.28. The Morgan fingerprint density at radius 3 is 1.93 bits per heavy atom. The highest BCUT2D eigenvalue weighted by Crippen LogP contribution is 2.51. The molecule has 0 aliphatic heterocycles. The summed E-state index contributed by atoms with van der Waals surface area (Å²) < 4.78 is 4.64. The maximum atomic E-state index is 4.76. The third kappa shape index (κ3) is 8.07. The van der Waals surface area contributed by atoms with Gasteiger partial charge in [-0.3, -0.25) is 0 Å². The predicted molar refractivity (Wildman–Crippen MR) is 308 cm³/mol. The third-order valence-corrected chi connectivity index (χ3v) is 15.1. The van der Waals surface area contributed by atoms with Crippen molar-refractivity contribution in [1.82, 2.24) is 9.13 Å². The standard InChI is InChI=1S/C69H57N3/c1-48(70-44-18-6-5-9-23-56-46-55(34-43-66(56)70)54-32-39-59(40-33-54)72-67-26-16-14-24-62(67)63-25-15-17-27-68(63)72)45-64-49(2)61-42-41-60(47-65(61)69(64,3)4)71(57-35-28-52(29-36-57)50-19-10-7-11-20-50)58-37-30-53(31-38-58)51-21-12-8-13-22-51/h5-7,9-12,14-32,34-47,54H,1-2,8,13,33H2,3-4H3/b6-5?,23-9?,44-18?,64-45+. The van der Waals surface area contributed by atoms with E-state index in [1.54, 1.807) is 0 Å². The van der Waals surface area contributed by atoms with Crippen LogP contribution in [0.4, 0.5) is 17.1 Å². The maximum Gasteiger partial charge on any atom is 0.0540 e. The first-order valence-electron chi connectivity index (χ1n) is 25.3. The molecule has 0 N–H and O–H groups in total. The number of hydrogen-bond acceptors (Lipinski definition) is 1. The van der Waals surface area contributed by atoms with E-state index in [0.717, 1.165) is 64.1 Å². The number of anilines is 3. The van der Waals surface area contributed by atoms with Gasteiger partial charge in [-0.15, -0.1) is 0 Å². The van der Waals surface area contributed by atoms with Gasteiger partial charge in [-0.2, -0.15) is 0 Å². The molecule has 0 saturated heterocycles. The summed E-state index contributed by atoms with van der Waals surface area (Å²) in [6, 6.07) is 70.4. The van der Waals surface area contributed by atoms with Crippen molar-refractivity contribution in [1.29, 1.82) is 0 Å². The van der Waals surface area contributed by atoms with Crippen LogP contribution >= 0.6 is 0 Å². The molecule has 2 heterocycles. The van der Waals surface area contributed by atoms with Gasteiger partial charge in [0.25, 0.3) is 0 Å². The number of aromatic nitrogens is 2. The van der Waals surface area contributed by atoms with Gasteiger partial charge in [0, 0.05) is 56.8 Å². The van der Waals surface area contributed by atoms with Crippen LogP contribution < -0.4 is 4.90 Å². The molecule has 0 bridgehead atoms. The minimum Gasteiger partial charge on any atom is -0.317 e. The van der Waals surface area contributed by atoms with Crippen molar-refractivity contribution in [2.75, 3.05) is 4.90 Å². The summed E-state index contributed by atoms with van der Waals surface area (Å²) in [5.74, 6) is 0.254. The van der Waals surface area contributed by atoms with Crippen molar-refractivity contribution >= 4 is 72.3 Å². The van der Waals surface area contributed by atoms with E-state index in [4.69, 9.17) is 13.2 Å². The fourth-order valence-corrected chi connectivity index (χ4v) is 11.3. The van der Waals surface area contributed by atoms with Crippen LogP contribution in [0.3, 0.4) is 0 Å². The molecule has 1 atom stereocenters. The molecule has 0 saturated carbocycles. The van der Waals surface area contributed by atoms with Gasteiger partial charge >= 0.3 is 0 Å². The molecule has 0 spiro atoms. The van der Waals surface area contributed by atoms with Crippen LogP contribution in [0.25, 0.3) is 66.4 Å². The number of benzene rings is 7. The first kappa shape index (κ1) is 44.5. The topological polar surface area (TPSA) is 13.1 Å². The van der Waals surface area contributed by atoms with Crippen molar-refractivity contribution in [2.45, 2.75) is 44.4 Å². The van der Waals surface area contributed by atoms with E-state index in [-0.39, 0.29) is 11.3 Å². The predicted octanol–water partition coefficient (Wildman–Crippen LogP) is 18.7. The lowest BCUT2D eigenvalue weighted by atomic mass is 9.81. The molecule has 0 amide bonds. The number of rotatable bonds is 9. The number of fused-ring (bicyclic) bond motifs is 5. The van der Waals surface area contributed by atoms with E-state index in [1.807, 2.05) is 0 Å². The second-order valence-electron chi connectivity index (χ2n) is 19.8. The van der Waals surface area contributed by atoms with Crippen LogP contribution in [0.2, 0.25) is 0 Å².